The maximum absolute atomic E-state index is 13.0. The number of aromatic nitrogens is 3. The largest absolute Gasteiger partial charge is 0.496 e. The number of rotatable bonds is 5. The molecule has 1 fully saturated rings. The van der Waals surface area contributed by atoms with Crippen LogP contribution in [0.1, 0.15) is 62.3 Å². The molecule has 0 aliphatic carbocycles. The summed E-state index contributed by atoms with van der Waals surface area (Å²) in [5.74, 6) is 2.74. The first-order chi connectivity index (χ1) is 12.1. The molecule has 1 aromatic heterocycles. The average Bonchev–Trinajstić information content (AvgIpc) is 3.12. The van der Waals surface area contributed by atoms with E-state index in [-0.39, 0.29) is 17.9 Å². The zero-order valence-corrected chi connectivity index (χ0v) is 15.2. The predicted octanol–water partition coefficient (Wildman–Crippen LogP) is 3.23. The van der Waals surface area contributed by atoms with Gasteiger partial charge in [0.15, 0.2) is 5.82 Å². The number of likely N-dealkylation sites (tertiary alicyclic amines) is 1. The minimum Gasteiger partial charge on any atom is -0.496 e. The normalized spacial score (nSPS) is 17.8. The Kier molecular flexibility index (Phi) is 5.36. The molecule has 1 saturated heterocycles. The van der Waals surface area contributed by atoms with E-state index in [0.717, 1.165) is 48.8 Å². The summed E-state index contributed by atoms with van der Waals surface area (Å²) in [7, 11) is 1.63. The molecule has 0 spiro atoms. The lowest BCUT2D eigenvalue weighted by molar-refractivity contribution is -0.134. The van der Waals surface area contributed by atoms with Crippen LogP contribution in [0, 0.1) is 0 Å². The van der Waals surface area contributed by atoms with Crippen LogP contribution in [0.25, 0.3) is 0 Å². The van der Waals surface area contributed by atoms with E-state index in [1.165, 1.54) is 0 Å². The molecule has 6 nitrogen and oxygen atoms in total. The number of H-pyrrole nitrogens is 1. The Bertz CT molecular complexity index is 726. The van der Waals surface area contributed by atoms with Crippen molar-refractivity contribution >= 4 is 5.91 Å². The summed E-state index contributed by atoms with van der Waals surface area (Å²) in [4.78, 5) is 19.5. The highest BCUT2D eigenvalue weighted by Crippen LogP contribution is 2.30. The molecule has 3 rings (SSSR count). The van der Waals surface area contributed by atoms with Crippen LogP contribution in [0.4, 0.5) is 0 Å². The van der Waals surface area contributed by atoms with E-state index in [1.807, 2.05) is 29.2 Å². The maximum Gasteiger partial charge on any atom is 0.227 e. The Morgan fingerprint density at radius 1 is 1.36 bits per heavy atom. The fraction of sp³-hybridized carbons (Fsp3) is 0.526. The van der Waals surface area contributed by atoms with Crippen LogP contribution in [0.15, 0.2) is 24.3 Å². The highest BCUT2D eigenvalue weighted by atomic mass is 16.5. The summed E-state index contributed by atoms with van der Waals surface area (Å²) in [6.45, 7) is 4.90. The van der Waals surface area contributed by atoms with E-state index in [1.54, 1.807) is 7.11 Å². The minimum atomic E-state index is -0.0176. The monoisotopic (exact) mass is 342 g/mol. The fourth-order valence-corrected chi connectivity index (χ4v) is 3.32. The second kappa shape index (κ2) is 7.68. The fourth-order valence-electron chi connectivity index (χ4n) is 3.32. The molecule has 1 aliphatic heterocycles. The van der Waals surface area contributed by atoms with Gasteiger partial charge in [-0.2, -0.15) is 5.10 Å². The molecule has 25 heavy (non-hydrogen) atoms. The molecule has 0 radical (unpaired) electrons. The topological polar surface area (TPSA) is 71.1 Å². The highest BCUT2D eigenvalue weighted by molar-refractivity contribution is 5.80. The molecule has 1 N–H and O–H groups in total. The number of ether oxygens (including phenoxy) is 1. The van der Waals surface area contributed by atoms with Crippen molar-refractivity contribution in [3.63, 3.8) is 0 Å². The van der Waals surface area contributed by atoms with Crippen molar-refractivity contribution in [2.24, 2.45) is 0 Å². The number of benzene rings is 1. The number of hydrogen-bond acceptors (Lipinski definition) is 4. The smallest absolute Gasteiger partial charge is 0.227 e. The summed E-state index contributed by atoms with van der Waals surface area (Å²) in [6.07, 6.45) is 3.39. The zero-order valence-electron chi connectivity index (χ0n) is 15.2. The molecule has 1 amide bonds. The van der Waals surface area contributed by atoms with Crippen LogP contribution >= 0.6 is 0 Å². The van der Waals surface area contributed by atoms with Gasteiger partial charge in [-0.15, -0.1) is 0 Å². The van der Waals surface area contributed by atoms with Gasteiger partial charge in [-0.05, 0) is 25.3 Å². The Labute approximate surface area is 148 Å². The third kappa shape index (κ3) is 3.83. The third-order valence-electron chi connectivity index (χ3n) is 4.71. The zero-order chi connectivity index (χ0) is 17.8. The lowest BCUT2D eigenvalue weighted by Crippen LogP contribution is -2.40. The van der Waals surface area contributed by atoms with E-state index in [9.17, 15) is 4.79 Å². The van der Waals surface area contributed by atoms with Crippen molar-refractivity contribution in [2.75, 3.05) is 13.7 Å². The summed E-state index contributed by atoms with van der Waals surface area (Å²) in [5, 5.41) is 7.35. The molecular formula is C19H26N4O2. The number of para-hydroxylation sites is 1. The van der Waals surface area contributed by atoms with Crippen LogP contribution in [-0.2, 0) is 11.2 Å². The maximum atomic E-state index is 13.0. The van der Waals surface area contributed by atoms with Crippen molar-refractivity contribution in [3.05, 3.63) is 41.5 Å². The molecule has 0 bridgehead atoms. The van der Waals surface area contributed by atoms with Gasteiger partial charge >= 0.3 is 0 Å². The van der Waals surface area contributed by atoms with Gasteiger partial charge in [-0.1, -0.05) is 32.0 Å². The van der Waals surface area contributed by atoms with Gasteiger partial charge in [0.2, 0.25) is 5.91 Å². The van der Waals surface area contributed by atoms with Crippen LogP contribution in [0.3, 0.4) is 0 Å². The van der Waals surface area contributed by atoms with Crippen LogP contribution in [-0.4, -0.2) is 39.6 Å². The number of nitrogens with zero attached hydrogens (tertiary/aromatic N) is 3. The van der Waals surface area contributed by atoms with Gasteiger partial charge in [-0.25, -0.2) is 4.98 Å². The minimum absolute atomic E-state index is 0.0176. The molecule has 2 heterocycles. The quantitative estimate of drug-likeness (QED) is 0.905. The number of nitrogens with one attached hydrogen (secondary N) is 1. The molecule has 0 saturated carbocycles. The van der Waals surface area contributed by atoms with E-state index < -0.39 is 0 Å². The Morgan fingerprint density at radius 2 is 2.16 bits per heavy atom. The second-order valence-electron chi connectivity index (χ2n) is 6.82. The van der Waals surface area contributed by atoms with E-state index in [4.69, 9.17) is 4.74 Å². The standard InChI is InChI=1S/C19H26N4O2/c1-13(2)18-20-19(22-21-18)15-9-6-7-11-23(15)17(24)12-14-8-4-5-10-16(14)25-3/h4-5,8,10,13,15H,6-7,9,11-12H2,1-3H3,(H,20,21,22)/t15-/m1/s1. The highest BCUT2D eigenvalue weighted by Gasteiger charge is 2.30. The van der Waals surface area contributed by atoms with Gasteiger partial charge in [0.05, 0.1) is 19.6 Å². The first kappa shape index (κ1) is 17.5. The lowest BCUT2D eigenvalue weighted by Gasteiger charge is -2.34. The second-order valence-corrected chi connectivity index (χ2v) is 6.82. The number of carbonyl (C=O) groups is 1. The van der Waals surface area contributed by atoms with Crippen molar-refractivity contribution in [3.8, 4) is 5.75 Å². The molecule has 134 valence electrons. The molecular weight excluding hydrogens is 316 g/mol. The molecule has 2 aromatic rings. The van der Waals surface area contributed by atoms with Gasteiger partial charge in [-0.3, -0.25) is 9.89 Å². The van der Waals surface area contributed by atoms with Gasteiger partial charge in [0.1, 0.15) is 11.6 Å². The van der Waals surface area contributed by atoms with Crippen molar-refractivity contribution in [1.29, 1.82) is 0 Å². The molecule has 1 atom stereocenters. The van der Waals surface area contributed by atoms with E-state index >= 15 is 0 Å². The van der Waals surface area contributed by atoms with Crippen molar-refractivity contribution in [1.82, 2.24) is 20.1 Å². The Hall–Kier alpha value is -2.37. The molecule has 1 aliphatic rings. The summed E-state index contributed by atoms with van der Waals surface area (Å²) in [5.41, 5.74) is 0.916. The first-order valence-electron chi connectivity index (χ1n) is 8.93. The number of amides is 1. The SMILES string of the molecule is COc1ccccc1CC(=O)N1CCCC[C@@H]1c1nc(C(C)C)n[nH]1. The number of methoxy groups -OCH3 is 1. The number of aromatic amines is 1. The summed E-state index contributed by atoms with van der Waals surface area (Å²) < 4.78 is 5.38. The summed E-state index contributed by atoms with van der Waals surface area (Å²) >= 11 is 0. The van der Waals surface area contributed by atoms with Gasteiger partial charge in [0.25, 0.3) is 0 Å². The average molecular weight is 342 g/mol. The lowest BCUT2D eigenvalue weighted by atomic mass is 10.00. The third-order valence-corrected chi connectivity index (χ3v) is 4.71. The first-order valence-corrected chi connectivity index (χ1v) is 8.93. The number of hydrogen-bond donors (Lipinski definition) is 1. The number of carbonyl (C=O) groups excluding carboxylic acids is 1. The van der Waals surface area contributed by atoms with E-state index in [2.05, 4.69) is 29.0 Å². The van der Waals surface area contributed by atoms with Gasteiger partial charge < -0.3 is 9.64 Å². The molecule has 6 heteroatoms. The van der Waals surface area contributed by atoms with Crippen LogP contribution < -0.4 is 4.74 Å². The Morgan fingerprint density at radius 3 is 2.88 bits per heavy atom. The molecule has 1 aromatic carbocycles. The Balaban J connectivity index is 1.79. The van der Waals surface area contributed by atoms with Crippen LogP contribution in [0.2, 0.25) is 0 Å². The van der Waals surface area contributed by atoms with E-state index in [0.29, 0.717) is 6.42 Å². The van der Waals surface area contributed by atoms with Crippen molar-refractivity contribution in [2.45, 2.75) is 51.5 Å². The van der Waals surface area contributed by atoms with Gasteiger partial charge in [0, 0.05) is 18.0 Å². The predicted molar refractivity (Wildman–Crippen MR) is 95.5 cm³/mol. The van der Waals surface area contributed by atoms with Crippen molar-refractivity contribution < 1.29 is 9.53 Å². The molecule has 0 unspecified atom stereocenters. The summed E-state index contributed by atoms with van der Waals surface area (Å²) in [6, 6.07) is 7.67. The number of piperidine rings is 1. The van der Waals surface area contributed by atoms with Crippen LogP contribution in [0.5, 0.6) is 5.75 Å².